The maximum absolute atomic E-state index is 12.1. The Morgan fingerprint density at radius 2 is 1.94 bits per heavy atom. The molecule has 0 radical (unpaired) electrons. The van der Waals surface area contributed by atoms with E-state index in [0.29, 0.717) is 17.8 Å². The van der Waals surface area contributed by atoms with Crippen molar-refractivity contribution in [3.05, 3.63) is 34.4 Å². The first-order valence-electron chi connectivity index (χ1n) is 12.3. The van der Waals surface area contributed by atoms with Crippen molar-refractivity contribution in [3.63, 3.8) is 0 Å². The van der Waals surface area contributed by atoms with E-state index in [9.17, 15) is 14.7 Å². The smallest absolute Gasteiger partial charge is 0.335 e. The fourth-order valence-electron chi connectivity index (χ4n) is 9.10. The number of esters is 1. The number of ether oxygens (including phenoxy) is 2. The summed E-state index contributed by atoms with van der Waals surface area (Å²) in [7, 11) is 0. The highest BCUT2D eigenvalue weighted by Crippen LogP contribution is 2.78. The third-order valence-electron chi connectivity index (χ3n) is 10.5. The zero-order valence-corrected chi connectivity index (χ0v) is 19.2. The highest BCUT2D eigenvalue weighted by Gasteiger charge is 2.84. The predicted molar refractivity (Wildman–Crippen MR) is 116 cm³/mol. The summed E-state index contributed by atoms with van der Waals surface area (Å²) >= 11 is 0. The number of fused-ring (bicyclic) bond motifs is 3. The molecule has 174 valence electrons. The molecular weight excluding hydrogens is 408 g/mol. The summed E-state index contributed by atoms with van der Waals surface area (Å²) in [6, 6.07) is 3.30. The van der Waals surface area contributed by atoms with Crippen molar-refractivity contribution < 1.29 is 23.8 Å². The van der Waals surface area contributed by atoms with E-state index < -0.39 is 0 Å². The molecule has 1 aromatic rings. The molecule has 1 spiro atoms. The molecule has 5 aliphatic rings. The molecule has 6 rings (SSSR count). The molecule has 0 aromatic carbocycles. The molecule has 4 aliphatic carbocycles. The van der Waals surface area contributed by atoms with Crippen LogP contribution in [0.3, 0.4) is 0 Å². The van der Waals surface area contributed by atoms with Crippen LogP contribution in [0.25, 0.3) is 0 Å². The Labute approximate surface area is 188 Å². The fourth-order valence-corrected chi connectivity index (χ4v) is 9.10. The summed E-state index contributed by atoms with van der Waals surface area (Å²) in [4.78, 5) is 23.7. The summed E-state index contributed by atoms with van der Waals surface area (Å²) in [6.07, 6.45) is 8.20. The van der Waals surface area contributed by atoms with E-state index >= 15 is 0 Å². The van der Waals surface area contributed by atoms with Gasteiger partial charge in [0, 0.05) is 24.3 Å². The van der Waals surface area contributed by atoms with Crippen LogP contribution in [0.15, 0.2) is 27.6 Å². The highest BCUT2D eigenvalue weighted by atomic mass is 16.7. The van der Waals surface area contributed by atoms with Gasteiger partial charge in [-0.2, -0.15) is 0 Å². The van der Waals surface area contributed by atoms with E-state index in [1.807, 2.05) is 6.07 Å². The molecule has 10 atom stereocenters. The van der Waals surface area contributed by atoms with E-state index in [1.165, 1.54) is 13.0 Å². The van der Waals surface area contributed by atoms with Gasteiger partial charge in [0.1, 0.15) is 17.8 Å². The Morgan fingerprint density at radius 1 is 1.12 bits per heavy atom. The second kappa shape index (κ2) is 6.69. The molecule has 1 saturated heterocycles. The van der Waals surface area contributed by atoms with Gasteiger partial charge in [0.2, 0.25) is 0 Å². The molecule has 6 nitrogen and oxygen atoms in total. The molecule has 1 aromatic heterocycles. The Balaban J connectivity index is 1.41. The van der Waals surface area contributed by atoms with Crippen molar-refractivity contribution in [1.29, 1.82) is 0 Å². The summed E-state index contributed by atoms with van der Waals surface area (Å²) in [5, 5.41) is 10.3. The average Bonchev–Trinajstić information content (AvgIpc) is 3.44. The molecule has 5 fully saturated rings. The normalized spacial score (nSPS) is 51.1. The molecule has 1 aliphatic heterocycles. The lowest BCUT2D eigenvalue weighted by molar-refractivity contribution is -0.158. The zero-order valence-electron chi connectivity index (χ0n) is 19.2. The quantitative estimate of drug-likeness (QED) is 0.554. The molecule has 32 heavy (non-hydrogen) atoms. The molecule has 1 N–H and O–H groups in total. The predicted octanol–water partition coefficient (Wildman–Crippen LogP) is 3.80. The van der Waals surface area contributed by atoms with E-state index in [0.717, 1.165) is 50.5 Å². The van der Waals surface area contributed by atoms with E-state index in [-0.39, 0.29) is 52.3 Å². The molecule has 4 saturated carbocycles. The van der Waals surface area contributed by atoms with Crippen LogP contribution in [0.2, 0.25) is 0 Å². The van der Waals surface area contributed by atoms with Crippen molar-refractivity contribution in [2.45, 2.75) is 95.5 Å². The van der Waals surface area contributed by atoms with Crippen LogP contribution in [-0.2, 0) is 14.3 Å². The molecule has 0 amide bonds. The minimum atomic E-state index is -0.369. The Hall–Kier alpha value is -1.66. The standard InChI is InChI=1S/C26H34O6/c1-14(27)31-22-21(15-4-7-20(29)30-13-15)25(3)11-9-18-19(26(25)23(22)32-26)6-5-16-12-17(28)8-10-24(16,18)2/h4,7,13,16-19,21-23,28H,5-6,8-12H2,1-3H3/t16?,17-,18-,19+,21-,22+,23+,24-,25+,26+/m1/s1. The number of carbonyl (C=O) groups is 1. The molecule has 6 heteroatoms. The number of rotatable bonds is 2. The molecule has 1 unspecified atom stereocenters. The maximum atomic E-state index is 12.1. The largest absolute Gasteiger partial charge is 0.459 e. The molecule has 2 heterocycles. The van der Waals surface area contributed by atoms with Gasteiger partial charge in [-0.25, -0.2) is 4.79 Å². The zero-order chi connectivity index (χ0) is 22.5. The Bertz CT molecular complexity index is 982. The van der Waals surface area contributed by atoms with Gasteiger partial charge in [0.25, 0.3) is 0 Å². The molecular formula is C26H34O6. The van der Waals surface area contributed by atoms with Gasteiger partial charge in [-0.1, -0.05) is 13.8 Å². The number of aliphatic hydroxyl groups excluding tert-OH is 1. The van der Waals surface area contributed by atoms with Gasteiger partial charge in [0.05, 0.1) is 12.4 Å². The van der Waals surface area contributed by atoms with Crippen molar-refractivity contribution in [3.8, 4) is 0 Å². The fraction of sp³-hybridized carbons (Fsp3) is 0.769. The highest BCUT2D eigenvalue weighted by molar-refractivity contribution is 5.66. The number of aliphatic hydroxyl groups is 1. The van der Waals surface area contributed by atoms with Crippen molar-refractivity contribution in [2.75, 3.05) is 0 Å². The van der Waals surface area contributed by atoms with Crippen LogP contribution in [0.5, 0.6) is 0 Å². The number of carbonyl (C=O) groups excluding carboxylic acids is 1. The van der Waals surface area contributed by atoms with Crippen molar-refractivity contribution >= 4 is 5.97 Å². The van der Waals surface area contributed by atoms with E-state index in [4.69, 9.17) is 13.9 Å². The van der Waals surface area contributed by atoms with E-state index in [2.05, 4.69) is 13.8 Å². The van der Waals surface area contributed by atoms with Gasteiger partial charge in [-0.3, -0.25) is 4.79 Å². The van der Waals surface area contributed by atoms with Crippen LogP contribution in [0, 0.1) is 28.6 Å². The summed E-state index contributed by atoms with van der Waals surface area (Å²) in [5.74, 6) is 1.24. The second-order valence-electron chi connectivity index (χ2n) is 11.6. The van der Waals surface area contributed by atoms with Crippen molar-refractivity contribution in [1.82, 2.24) is 0 Å². The first-order chi connectivity index (χ1) is 15.2. The topological polar surface area (TPSA) is 89.3 Å². The number of hydrogen-bond acceptors (Lipinski definition) is 6. The first-order valence-corrected chi connectivity index (χ1v) is 12.3. The summed E-state index contributed by atoms with van der Waals surface area (Å²) < 4.78 is 17.8. The molecule has 0 bridgehead atoms. The van der Waals surface area contributed by atoms with E-state index in [1.54, 1.807) is 6.26 Å². The van der Waals surface area contributed by atoms with Gasteiger partial charge in [-0.15, -0.1) is 0 Å². The Morgan fingerprint density at radius 3 is 2.66 bits per heavy atom. The monoisotopic (exact) mass is 442 g/mol. The van der Waals surface area contributed by atoms with Crippen LogP contribution >= 0.6 is 0 Å². The summed E-state index contributed by atoms with van der Waals surface area (Å²) in [6.45, 7) is 6.23. The van der Waals surface area contributed by atoms with Gasteiger partial charge in [0.15, 0.2) is 0 Å². The van der Waals surface area contributed by atoms with Crippen LogP contribution in [0.1, 0.15) is 77.2 Å². The third kappa shape index (κ3) is 2.54. The second-order valence-corrected chi connectivity index (χ2v) is 11.6. The van der Waals surface area contributed by atoms with Gasteiger partial charge in [-0.05, 0) is 79.7 Å². The minimum absolute atomic E-state index is 0.0471. The van der Waals surface area contributed by atoms with Gasteiger partial charge < -0.3 is 19.0 Å². The minimum Gasteiger partial charge on any atom is -0.459 e. The van der Waals surface area contributed by atoms with Crippen LogP contribution in [0.4, 0.5) is 0 Å². The third-order valence-corrected chi connectivity index (χ3v) is 10.5. The lowest BCUT2D eigenvalue weighted by atomic mass is 9.44. The van der Waals surface area contributed by atoms with Crippen molar-refractivity contribution in [2.24, 2.45) is 28.6 Å². The SMILES string of the molecule is CC(=O)O[C@H]1[C@@H](c2ccc(=O)oc2)[C@]2(C)CC[C@@H]3[C@H](CCC4C[C@H](O)CC[C@]43C)[C@@]23O[C@@H]13. The first kappa shape index (κ1) is 20.9. The summed E-state index contributed by atoms with van der Waals surface area (Å²) in [5.41, 5.74) is 0.319. The average molecular weight is 443 g/mol. The van der Waals surface area contributed by atoms with Crippen LogP contribution in [-0.4, -0.2) is 35.0 Å². The van der Waals surface area contributed by atoms with Gasteiger partial charge >= 0.3 is 11.6 Å². The number of hydrogen-bond donors (Lipinski definition) is 1. The lowest BCUT2D eigenvalue weighted by Crippen LogP contribution is -2.58. The maximum Gasteiger partial charge on any atom is 0.335 e. The van der Waals surface area contributed by atoms with Crippen LogP contribution < -0.4 is 5.63 Å². The number of epoxide rings is 1. The Kier molecular flexibility index (Phi) is 4.37. The lowest BCUT2D eigenvalue weighted by Gasteiger charge is -2.61.